The number of H-pyrrole nitrogens is 1. The molecule has 0 saturated carbocycles. The minimum atomic E-state index is -4.70. The van der Waals surface area contributed by atoms with Crippen LogP contribution in [0.2, 0.25) is 0 Å². The lowest BCUT2D eigenvalue weighted by Crippen LogP contribution is -2.60. The zero-order valence-corrected chi connectivity index (χ0v) is 19.8. The summed E-state index contributed by atoms with van der Waals surface area (Å²) in [5, 5.41) is 10.3. The highest BCUT2D eigenvalue weighted by Crippen LogP contribution is 2.48. The van der Waals surface area contributed by atoms with Gasteiger partial charge in [0.15, 0.2) is 5.60 Å². The van der Waals surface area contributed by atoms with Crippen LogP contribution in [0.1, 0.15) is 37.1 Å². The quantitative estimate of drug-likeness (QED) is 0.504. The highest BCUT2D eigenvalue weighted by atomic mass is 19.4. The highest BCUT2D eigenvalue weighted by Gasteiger charge is 2.61. The Hall–Kier alpha value is -3.27. The Labute approximate surface area is 205 Å². The second-order valence-corrected chi connectivity index (χ2v) is 10.2. The summed E-state index contributed by atoms with van der Waals surface area (Å²) in [6.07, 6.45) is -4.71. The molecule has 2 fully saturated rings. The van der Waals surface area contributed by atoms with Gasteiger partial charge in [0.1, 0.15) is 18.2 Å². The van der Waals surface area contributed by atoms with E-state index in [1.165, 1.54) is 0 Å². The molecule has 2 bridgehead atoms. The van der Waals surface area contributed by atoms with Crippen molar-refractivity contribution in [2.45, 2.75) is 63.0 Å². The molecule has 2 unspecified atom stereocenters. The van der Waals surface area contributed by atoms with Crippen LogP contribution in [0, 0.1) is 6.92 Å². The lowest BCUT2D eigenvalue weighted by Gasteiger charge is -2.45. The zero-order valence-electron chi connectivity index (χ0n) is 19.8. The number of nitrogens with one attached hydrogen (secondary N) is 1. The molecule has 0 spiro atoms. The lowest BCUT2D eigenvalue weighted by atomic mass is 9.85. The number of piperidine rings is 1. The Morgan fingerprint density at radius 2 is 1.83 bits per heavy atom. The summed E-state index contributed by atoms with van der Waals surface area (Å²) in [5.74, 6) is 1.53. The molecule has 0 aliphatic carbocycles. The fourth-order valence-corrected chi connectivity index (χ4v) is 5.99. The molecule has 3 aromatic rings. The number of hydrogen-bond acceptors (Lipinski definition) is 4. The summed E-state index contributed by atoms with van der Waals surface area (Å²) in [6, 6.07) is 10.3. The van der Waals surface area contributed by atoms with Crippen molar-refractivity contribution in [3.05, 3.63) is 47.8 Å². The first-order valence-corrected chi connectivity index (χ1v) is 12.2. The van der Waals surface area contributed by atoms with Gasteiger partial charge in [-0.05, 0) is 55.2 Å². The fraction of sp³-hybridized carbons (Fsp3) is 0.462. The first-order valence-electron chi connectivity index (χ1n) is 12.2. The number of aliphatic hydroxyl groups is 1. The number of carbonyl (C=O) groups excluding carboxylic acids is 1. The lowest BCUT2D eigenvalue weighted by molar-refractivity contribution is -0.277. The molecule has 2 amide bonds. The average molecular weight is 501 g/mol. The molecule has 2 atom stereocenters. The number of halogens is 3. The van der Waals surface area contributed by atoms with Crippen molar-refractivity contribution >= 4 is 17.1 Å². The molecule has 6 rings (SSSR count). The number of imidazole rings is 1. The molecule has 2 aromatic carbocycles. The minimum absolute atomic E-state index is 0.289. The molecular weight excluding hydrogens is 473 g/mol. The molecule has 7 nitrogen and oxygen atoms in total. The van der Waals surface area contributed by atoms with Gasteiger partial charge >= 0.3 is 12.2 Å². The number of aryl methyl sites for hydroxylation is 1. The zero-order chi connectivity index (χ0) is 25.2. The van der Waals surface area contributed by atoms with Crippen molar-refractivity contribution in [3.63, 3.8) is 0 Å². The van der Waals surface area contributed by atoms with Gasteiger partial charge in [0.05, 0.1) is 24.1 Å². The molecule has 10 heteroatoms. The Bertz CT molecular complexity index is 1320. The Morgan fingerprint density at radius 3 is 2.56 bits per heavy atom. The molecule has 2 saturated heterocycles. The Balaban J connectivity index is 1.25. The van der Waals surface area contributed by atoms with Crippen LogP contribution in [0.5, 0.6) is 5.75 Å². The Morgan fingerprint density at radius 1 is 1.14 bits per heavy atom. The molecule has 0 radical (unpaired) electrons. The van der Waals surface area contributed by atoms with Crippen molar-refractivity contribution in [2.24, 2.45) is 0 Å². The number of nitrogens with zero attached hydrogens (tertiary/aromatic N) is 3. The van der Waals surface area contributed by atoms with Crippen LogP contribution >= 0.6 is 0 Å². The van der Waals surface area contributed by atoms with Crippen molar-refractivity contribution in [1.29, 1.82) is 0 Å². The number of aromatic nitrogens is 2. The van der Waals surface area contributed by atoms with E-state index in [-0.39, 0.29) is 6.03 Å². The summed E-state index contributed by atoms with van der Waals surface area (Å²) in [7, 11) is 0. The topological polar surface area (TPSA) is 81.7 Å². The number of carbonyl (C=O) groups is 1. The van der Waals surface area contributed by atoms with Crippen molar-refractivity contribution in [2.75, 3.05) is 13.2 Å². The van der Waals surface area contributed by atoms with E-state index in [1.807, 2.05) is 43.3 Å². The largest absolute Gasteiger partial charge is 0.491 e. The summed E-state index contributed by atoms with van der Waals surface area (Å²) < 4.78 is 46.4. The standard InChI is InChI=1S/C26H27F3N4O3/c1-15-30-21-6-2-17(11-22(21)31-15)16-3-7-23-18(10-16)14-32(8-9-36-23)24(34)33-19-4-5-20(33)13-25(35,12-19)26(27,28)29/h2-3,6-7,10-11,19-20,35H,4-5,8-9,12-14H2,1H3,(H,30,31). The number of aromatic amines is 1. The highest BCUT2D eigenvalue weighted by molar-refractivity contribution is 5.82. The monoisotopic (exact) mass is 500 g/mol. The molecule has 36 heavy (non-hydrogen) atoms. The number of benzene rings is 2. The van der Waals surface area contributed by atoms with Crippen molar-refractivity contribution in [3.8, 4) is 16.9 Å². The number of hydrogen-bond donors (Lipinski definition) is 2. The van der Waals surface area contributed by atoms with Gasteiger partial charge in [-0.3, -0.25) is 0 Å². The average Bonchev–Trinajstić information content (AvgIpc) is 3.23. The SMILES string of the molecule is Cc1nc2ccc(-c3ccc4c(c3)CN(C(=O)N3C5CCC3CC(O)(C(F)(F)F)C5)CCO4)cc2[nH]1. The first-order chi connectivity index (χ1) is 17.1. The van der Waals surface area contributed by atoms with E-state index in [0.29, 0.717) is 38.3 Å². The van der Waals surface area contributed by atoms with Crippen molar-refractivity contribution in [1.82, 2.24) is 19.8 Å². The van der Waals surface area contributed by atoms with E-state index in [4.69, 9.17) is 4.74 Å². The predicted octanol–water partition coefficient (Wildman–Crippen LogP) is 4.77. The van der Waals surface area contributed by atoms with Gasteiger partial charge in [-0.2, -0.15) is 13.2 Å². The Kier molecular flexibility index (Phi) is 5.22. The third kappa shape index (κ3) is 3.78. The smallest absolute Gasteiger partial charge is 0.417 e. The molecule has 190 valence electrons. The van der Waals surface area contributed by atoms with Gasteiger partial charge in [-0.15, -0.1) is 0 Å². The number of alkyl halides is 3. The van der Waals surface area contributed by atoms with Gasteiger partial charge in [-0.1, -0.05) is 12.1 Å². The van der Waals surface area contributed by atoms with E-state index in [0.717, 1.165) is 33.5 Å². The second kappa shape index (κ2) is 8.12. The van der Waals surface area contributed by atoms with E-state index in [2.05, 4.69) is 9.97 Å². The third-order valence-electron chi connectivity index (χ3n) is 7.76. The van der Waals surface area contributed by atoms with E-state index >= 15 is 0 Å². The molecule has 4 heterocycles. The summed E-state index contributed by atoms with van der Waals surface area (Å²) in [6.45, 7) is 2.84. The van der Waals surface area contributed by atoms with Crippen LogP contribution in [-0.4, -0.2) is 67.9 Å². The summed E-state index contributed by atoms with van der Waals surface area (Å²) in [4.78, 5) is 24.5. The van der Waals surface area contributed by atoms with Crippen LogP contribution in [-0.2, 0) is 6.54 Å². The van der Waals surface area contributed by atoms with Crippen LogP contribution < -0.4 is 4.74 Å². The fourth-order valence-electron chi connectivity index (χ4n) is 5.99. The maximum atomic E-state index is 13.6. The van der Waals surface area contributed by atoms with Gasteiger partial charge < -0.3 is 24.6 Å². The summed E-state index contributed by atoms with van der Waals surface area (Å²) in [5.41, 5.74) is 1.90. The van der Waals surface area contributed by atoms with Crippen LogP contribution in [0.3, 0.4) is 0 Å². The molecule has 1 aromatic heterocycles. The third-order valence-corrected chi connectivity index (χ3v) is 7.76. The number of amides is 2. The maximum Gasteiger partial charge on any atom is 0.417 e. The van der Waals surface area contributed by atoms with Crippen LogP contribution in [0.4, 0.5) is 18.0 Å². The van der Waals surface area contributed by atoms with Gasteiger partial charge in [-0.25, -0.2) is 9.78 Å². The first kappa shape index (κ1) is 23.1. The number of fused-ring (bicyclic) bond motifs is 4. The van der Waals surface area contributed by atoms with Gasteiger partial charge in [0, 0.05) is 30.5 Å². The second-order valence-electron chi connectivity index (χ2n) is 10.2. The number of rotatable bonds is 1. The molecule has 3 aliphatic heterocycles. The summed E-state index contributed by atoms with van der Waals surface area (Å²) >= 11 is 0. The molecular formula is C26H27F3N4O3. The van der Waals surface area contributed by atoms with E-state index in [9.17, 15) is 23.1 Å². The molecule has 3 aliphatic rings. The molecule has 2 N–H and O–H groups in total. The normalized spacial score (nSPS) is 26.0. The van der Waals surface area contributed by atoms with Gasteiger partial charge in [0.25, 0.3) is 0 Å². The number of ether oxygens (including phenoxy) is 1. The minimum Gasteiger partial charge on any atom is -0.491 e. The van der Waals surface area contributed by atoms with E-state index < -0.39 is 36.7 Å². The predicted molar refractivity (Wildman–Crippen MR) is 126 cm³/mol. The van der Waals surface area contributed by atoms with Gasteiger partial charge in [0.2, 0.25) is 0 Å². The van der Waals surface area contributed by atoms with E-state index in [1.54, 1.807) is 9.80 Å². The van der Waals surface area contributed by atoms with Crippen LogP contribution in [0.15, 0.2) is 36.4 Å². The number of urea groups is 1. The maximum absolute atomic E-state index is 13.6. The van der Waals surface area contributed by atoms with Crippen molar-refractivity contribution < 1.29 is 27.8 Å². The van der Waals surface area contributed by atoms with Crippen LogP contribution in [0.25, 0.3) is 22.2 Å².